The fourth-order valence-electron chi connectivity index (χ4n) is 2.64. The van der Waals surface area contributed by atoms with Crippen LogP contribution in [0.3, 0.4) is 0 Å². The molecule has 4 atom stereocenters. The molecule has 1 aromatic carbocycles. The zero-order valence-electron chi connectivity index (χ0n) is 11.9. The highest BCUT2D eigenvalue weighted by atomic mass is 16.6. The predicted octanol–water partition coefficient (Wildman–Crippen LogP) is 2.80. The van der Waals surface area contributed by atoms with Crippen molar-refractivity contribution in [3.05, 3.63) is 35.9 Å². The molecule has 0 amide bonds. The lowest BCUT2D eigenvalue weighted by atomic mass is 9.91. The number of esters is 1. The summed E-state index contributed by atoms with van der Waals surface area (Å²) in [4.78, 5) is 12.1. The number of rotatable bonds is 3. The van der Waals surface area contributed by atoms with Crippen LogP contribution in [0, 0.1) is 23.2 Å². The summed E-state index contributed by atoms with van der Waals surface area (Å²) in [5.74, 6) is -0.121. The number of hydrogen-bond acceptors (Lipinski definition) is 4. The highest BCUT2D eigenvalue weighted by Crippen LogP contribution is 2.33. The number of carbonyl (C=O) groups excluding carboxylic acids is 1. The highest BCUT2D eigenvalue weighted by Gasteiger charge is 2.45. The van der Waals surface area contributed by atoms with E-state index in [1.165, 1.54) is 0 Å². The van der Waals surface area contributed by atoms with Crippen LogP contribution >= 0.6 is 0 Å². The van der Waals surface area contributed by atoms with Gasteiger partial charge in [0.15, 0.2) is 6.10 Å². The summed E-state index contributed by atoms with van der Waals surface area (Å²) in [6.07, 6.45) is -1.27. The van der Waals surface area contributed by atoms with E-state index in [9.17, 15) is 10.1 Å². The number of nitrogens with zero attached hydrogens (tertiary/aromatic N) is 1. The lowest BCUT2D eigenvalue weighted by Crippen LogP contribution is -2.31. The molecular weight excluding hydrogens is 254 g/mol. The van der Waals surface area contributed by atoms with Crippen LogP contribution in [0.1, 0.15) is 31.1 Å². The third-order valence-electron chi connectivity index (χ3n) is 3.68. The Bertz CT molecular complexity index is 506. The SMILES string of the molecule is CC(C)[C@H]1OC(C#N)[C@H](OC(=O)c2ccccc2)[C@@H]1C. The topological polar surface area (TPSA) is 59.3 Å². The molecule has 1 unspecified atom stereocenters. The number of benzene rings is 1. The first-order chi connectivity index (χ1) is 9.54. The minimum Gasteiger partial charge on any atom is -0.454 e. The Labute approximate surface area is 119 Å². The van der Waals surface area contributed by atoms with Crippen LogP contribution in [0.25, 0.3) is 0 Å². The van der Waals surface area contributed by atoms with Gasteiger partial charge in [-0.3, -0.25) is 0 Å². The van der Waals surface area contributed by atoms with E-state index in [0.29, 0.717) is 5.56 Å². The molecular formula is C16H19NO3. The quantitative estimate of drug-likeness (QED) is 0.794. The number of ether oxygens (including phenoxy) is 2. The van der Waals surface area contributed by atoms with Crippen LogP contribution < -0.4 is 0 Å². The molecule has 0 bridgehead atoms. The second-order valence-electron chi connectivity index (χ2n) is 5.49. The fourth-order valence-corrected chi connectivity index (χ4v) is 2.64. The van der Waals surface area contributed by atoms with Gasteiger partial charge < -0.3 is 9.47 Å². The van der Waals surface area contributed by atoms with E-state index >= 15 is 0 Å². The molecule has 0 saturated carbocycles. The number of hydrogen-bond donors (Lipinski definition) is 0. The predicted molar refractivity (Wildman–Crippen MR) is 73.9 cm³/mol. The minimum atomic E-state index is -0.690. The maximum atomic E-state index is 12.1. The zero-order valence-corrected chi connectivity index (χ0v) is 11.9. The summed E-state index contributed by atoms with van der Waals surface area (Å²) in [7, 11) is 0. The maximum absolute atomic E-state index is 12.1. The van der Waals surface area contributed by atoms with Crippen LogP contribution in [-0.4, -0.2) is 24.3 Å². The van der Waals surface area contributed by atoms with Gasteiger partial charge in [-0.1, -0.05) is 39.0 Å². The van der Waals surface area contributed by atoms with Gasteiger partial charge >= 0.3 is 5.97 Å². The Kier molecular flexibility index (Phi) is 4.41. The van der Waals surface area contributed by atoms with Gasteiger partial charge in [0, 0.05) is 5.92 Å². The van der Waals surface area contributed by atoms with Crippen LogP contribution in [0.4, 0.5) is 0 Å². The van der Waals surface area contributed by atoms with Crippen molar-refractivity contribution in [2.24, 2.45) is 11.8 Å². The van der Waals surface area contributed by atoms with Gasteiger partial charge in [-0.05, 0) is 18.1 Å². The van der Waals surface area contributed by atoms with Gasteiger partial charge in [0.25, 0.3) is 0 Å². The normalized spacial score (nSPS) is 29.1. The van der Waals surface area contributed by atoms with Crippen molar-refractivity contribution in [1.82, 2.24) is 0 Å². The Morgan fingerprint density at radius 3 is 2.55 bits per heavy atom. The monoisotopic (exact) mass is 273 g/mol. The first kappa shape index (κ1) is 14.5. The molecule has 1 aromatic rings. The molecule has 1 fully saturated rings. The second kappa shape index (κ2) is 6.06. The summed E-state index contributed by atoms with van der Waals surface area (Å²) in [5.41, 5.74) is 0.490. The molecule has 1 saturated heterocycles. The average molecular weight is 273 g/mol. The first-order valence-corrected chi connectivity index (χ1v) is 6.85. The number of nitriles is 1. The lowest BCUT2D eigenvalue weighted by molar-refractivity contribution is 0.00291. The van der Waals surface area contributed by atoms with Crippen LogP contribution in [0.5, 0.6) is 0 Å². The zero-order chi connectivity index (χ0) is 14.7. The largest absolute Gasteiger partial charge is 0.454 e. The van der Waals surface area contributed by atoms with Gasteiger partial charge in [0.1, 0.15) is 6.10 Å². The van der Waals surface area contributed by atoms with Gasteiger partial charge in [-0.25, -0.2) is 4.79 Å². The highest BCUT2D eigenvalue weighted by molar-refractivity contribution is 5.89. The average Bonchev–Trinajstić information content (AvgIpc) is 2.77. The van der Waals surface area contributed by atoms with Crippen molar-refractivity contribution in [3.63, 3.8) is 0 Å². The van der Waals surface area contributed by atoms with Crippen LogP contribution in [-0.2, 0) is 9.47 Å². The maximum Gasteiger partial charge on any atom is 0.338 e. The third kappa shape index (κ3) is 2.83. The van der Waals surface area contributed by atoms with Gasteiger partial charge in [0.2, 0.25) is 0 Å². The standard InChI is InChI=1S/C16H19NO3/c1-10(2)14-11(3)15(13(9-17)19-14)20-16(18)12-7-5-4-6-8-12/h4-8,10-11,13-15H,1-3H3/t11-,13?,14-,15-/m1/s1. The van der Waals surface area contributed by atoms with E-state index in [1.807, 2.05) is 26.8 Å². The van der Waals surface area contributed by atoms with E-state index < -0.39 is 18.2 Å². The van der Waals surface area contributed by atoms with Crippen molar-refractivity contribution in [2.45, 2.75) is 39.1 Å². The number of carbonyl (C=O) groups is 1. The van der Waals surface area contributed by atoms with Crippen LogP contribution in [0.2, 0.25) is 0 Å². The molecule has 1 aliphatic rings. The van der Waals surface area contributed by atoms with E-state index in [2.05, 4.69) is 6.07 Å². The minimum absolute atomic E-state index is 0.00677. The summed E-state index contributed by atoms with van der Waals surface area (Å²) >= 11 is 0. The molecule has 106 valence electrons. The summed E-state index contributed by atoms with van der Waals surface area (Å²) in [5, 5.41) is 9.17. The molecule has 4 heteroatoms. The Hall–Kier alpha value is -1.86. The molecule has 0 aromatic heterocycles. The molecule has 0 N–H and O–H groups in total. The molecule has 1 aliphatic heterocycles. The van der Waals surface area contributed by atoms with Crippen molar-refractivity contribution >= 4 is 5.97 Å². The third-order valence-corrected chi connectivity index (χ3v) is 3.68. The van der Waals surface area contributed by atoms with E-state index in [0.717, 1.165) is 0 Å². The van der Waals surface area contributed by atoms with Crippen molar-refractivity contribution in [2.75, 3.05) is 0 Å². The van der Waals surface area contributed by atoms with Crippen molar-refractivity contribution < 1.29 is 14.3 Å². The van der Waals surface area contributed by atoms with Gasteiger partial charge in [-0.2, -0.15) is 5.26 Å². The molecule has 1 heterocycles. The summed E-state index contributed by atoms with van der Waals surface area (Å²) in [6.45, 7) is 6.04. The Morgan fingerprint density at radius 1 is 1.35 bits per heavy atom. The van der Waals surface area contributed by atoms with Crippen molar-refractivity contribution in [3.8, 4) is 6.07 Å². The van der Waals surface area contributed by atoms with Gasteiger partial charge in [-0.15, -0.1) is 0 Å². The van der Waals surface area contributed by atoms with E-state index in [1.54, 1.807) is 24.3 Å². The van der Waals surface area contributed by atoms with Crippen molar-refractivity contribution in [1.29, 1.82) is 5.26 Å². The molecule has 0 spiro atoms. The lowest BCUT2D eigenvalue weighted by Gasteiger charge is -2.21. The van der Waals surface area contributed by atoms with Gasteiger partial charge in [0.05, 0.1) is 17.7 Å². The fraction of sp³-hybridized carbons (Fsp3) is 0.500. The van der Waals surface area contributed by atoms with E-state index in [4.69, 9.17) is 9.47 Å². The Balaban J connectivity index is 2.12. The molecule has 0 radical (unpaired) electrons. The summed E-state index contributed by atoms with van der Waals surface area (Å²) in [6, 6.07) is 10.9. The smallest absolute Gasteiger partial charge is 0.338 e. The molecule has 20 heavy (non-hydrogen) atoms. The van der Waals surface area contributed by atoms with E-state index in [-0.39, 0.29) is 17.9 Å². The molecule has 4 nitrogen and oxygen atoms in total. The molecule has 0 aliphatic carbocycles. The van der Waals surface area contributed by atoms with Crippen LogP contribution in [0.15, 0.2) is 30.3 Å². The first-order valence-electron chi connectivity index (χ1n) is 6.85. The Morgan fingerprint density at radius 2 is 2.00 bits per heavy atom. The molecule has 2 rings (SSSR count). The summed E-state index contributed by atoms with van der Waals surface area (Å²) < 4.78 is 11.2. The second-order valence-corrected chi connectivity index (χ2v) is 5.49.